The van der Waals surface area contributed by atoms with Crippen LogP contribution in [0.5, 0.6) is 0 Å². The van der Waals surface area contributed by atoms with E-state index in [-0.39, 0.29) is 6.04 Å². The second kappa shape index (κ2) is 12.3. The lowest BCUT2D eigenvalue weighted by Gasteiger charge is -2.33. The first kappa shape index (κ1) is 28.0. The molecule has 182 valence electrons. The van der Waals surface area contributed by atoms with Gasteiger partial charge in [0.2, 0.25) is 17.7 Å². The zero-order valence-corrected chi connectivity index (χ0v) is 20.0. The lowest BCUT2D eigenvalue weighted by atomic mass is 9.97. The van der Waals surface area contributed by atoms with Gasteiger partial charge in [0.25, 0.3) is 0 Å². The van der Waals surface area contributed by atoms with Crippen LogP contribution in [0.3, 0.4) is 0 Å². The van der Waals surface area contributed by atoms with Crippen LogP contribution in [0, 0.1) is 23.7 Å². The van der Waals surface area contributed by atoms with Crippen LogP contribution in [-0.2, 0) is 19.1 Å². The van der Waals surface area contributed by atoms with E-state index in [0.29, 0.717) is 11.1 Å². The molecule has 0 bridgehead atoms. The number of terminal acetylenes is 1. The van der Waals surface area contributed by atoms with E-state index in [4.69, 9.17) is 16.9 Å². The van der Waals surface area contributed by atoms with Crippen LogP contribution in [-0.4, -0.2) is 52.9 Å². The molecule has 1 aromatic rings. The number of carbonyl (C=O) groups excluding carboxylic acids is 4. The van der Waals surface area contributed by atoms with Crippen LogP contribution < -0.4 is 16.4 Å². The summed E-state index contributed by atoms with van der Waals surface area (Å²) in [5, 5.41) is 14.5. The molecular weight excluding hydrogens is 438 g/mol. The van der Waals surface area contributed by atoms with E-state index in [2.05, 4.69) is 16.6 Å². The Labute approximate surface area is 199 Å². The number of primary amides is 1. The van der Waals surface area contributed by atoms with Crippen LogP contribution in [0.1, 0.15) is 58.2 Å². The van der Waals surface area contributed by atoms with Crippen LogP contribution in [0.15, 0.2) is 24.3 Å². The molecule has 0 aromatic heterocycles. The highest BCUT2D eigenvalue weighted by atomic mass is 16.6. The maximum Gasteiger partial charge on any atom is 0.408 e. The molecule has 4 N–H and O–H groups in total. The fraction of sp³-hybridized carbons (Fsp3) is 0.458. The second-order valence-corrected chi connectivity index (χ2v) is 8.79. The normalized spacial score (nSPS) is 12.5. The minimum absolute atomic E-state index is 0.284. The predicted octanol–water partition coefficient (Wildman–Crippen LogP) is 1.35. The lowest BCUT2D eigenvalue weighted by Crippen LogP contribution is -2.54. The predicted molar refractivity (Wildman–Crippen MR) is 125 cm³/mol. The summed E-state index contributed by atoms with van der Waals surface area (Å²) in [5.41, 5.74) is 5.07. The van der Waals surface area contributed by atoms with Crippen molar-refractivity contribution in [2.24, 2.45) is 5.73 Å². The summed E-state index contributed by atoms with van der Waals surface area (Å²) in [7, 11) is 0. The molecule has 34 heavy (non-hydrogen) atoms. The van der Waals surface area contributed by atoms with Gasteiger partial charge in [-0.1, -0.05) is 24.1 Å². The first-order chi connectivity index (χ1) is 15.8. The third-order valence-corrected chi connectivity index (χ3v) is 4.32. The van der Waals surface area contributed by atoms with Crippen molar-refractivity contribution in [1.82, 2.24) is 15.5 Å². The van der Waals surface area contributed by atoms with Crippen molar-refractivity contribution in [2.45, 2.75) is 64.8 Å². The molecule has 0 fully saturated rings. The number of hydrogen-bond donors (Lipinski definition) is 3. The fourth-order valence-corrected chi connectivity index (χ4v) is 3.10. The number of amides is 4. The van der Waals surface area contributed by atoms with Gasteiger partial charge in [0.1, 0.15) is 24.2 Å². The molecule has 0 radical (unpaired) electrons. The van der Waals surface area contributed by atoms with Gasteiger partial charge in [0.15, 0.2) is 0 Å². The van der Waals surface area contributed by atoms with E-state index in [1.165, 1.54) is 0 Å². The summed E-state index contributed by atoms with van der Waals surface area (Å²) in [5.74, 6) is 0.139. The Morgan fingerprint density at radius 2 is 1.79 bits per heavy atom. The van der Waals surface area contributed by atoms with E-state index < -0.39 is 54.5 Å². The summed E-state index contributed by atoms with van der Waals surface area (Å²) in [6.45, 7) is 7.82. The zero-order valence-electron chi connectivity index (χ0n) is 20.0. The minimum atomic E-state index is -1.48. The number of carbonyl (C=O) groups is 4. The minimum Gasteiger partial charge on any atom is -0.444 e. The Morgan fingerprint density at radius 1 is 1.18 bits per heavy atom. The quantitative estimate of drug-likeness (QED) is 0.366. The van der Waals surface area contributed by atoms with E-state index in [1.807, 2.05) is 6.07 Å². The van der Waals surface area contributed by atoms with Crippen LogP contribution >= 0.6 is 0 Å². The SMILES string of the molecule is C#Cc1ccccc1C(C(=O)NC(C)C)N(CC#N)C(=O)C(CC(N)=O)NC(=O)OC(C)(C)C. The van der Waals surface area contributed by atoms with E-state index in [1.54, 1.807) is 58.9 Å². The molecule has 10 heteroatoms. The summed E-state index contributed by atoms with van der Waals surface area (Å²) in [6.07, 6.45) is 4.07. The van der Waals surface area contributed by atoms with Crippen LogP contribution in [0.25, 0.3) is 0 Å². The second-order valence-electron chi connectivity index (χ2n) is 8.79. The Hall–Kier alpha value is -4.05. The largest absolute Gasteiger partial charge is 0.444 e. The first-order valence-corrected chi connectivity index (χ1v) is 10.6. The van der Waals surface area contributed by atoms with Crippen LogP contribution in [0.2, 0.25) is 0 Å². The van der Waals surface area contributed by atoms with Gasteiger partial charge in [0, 0.05) is 11.6 Å². The highest BCUT2D eigenvalue weighted by molar-refractivity contribution is 5.95. The molecule has 0 spiro atoms. The van der Waals surface area contributed by atoms with Gasteiger partial charge < -0.3 is 26.0 Å². The molecule has 0 aliphatic heterocycles. The number of rotatable bonds is 9. The number of alkyl carbamates (subject to hydrolysis) is 1. The summed E-state index contributed by atoms with van der Waals surface area (Å²) in [4.78, 5) is 51.7. The lowest BCUT2D eigenvalue weighted by molar-refractivity contribution is -0.142. The number of ether oxygens (including phenoxy) is 1. The summed E-state index contributed by atoms with van der Waals surface area (Å²) >= 11 is 0. The molecular formula is C24H31N5O5. The number of hydrogen-bond acceptors (Lipinski definition) is 6. The molecule has 0 saturated carbocycles. The molecule has 1 aromatic carbocycles. The highest BCUT2D eigenvalue weighted by Gasteiger charge is 2.37. The van der Waals surface area contributed by atoms with Gasteiger partial charge in [-0.3, -0.25) is 14.4 Å². The number of nitrogens with zero attached hydrogens (tertiary/aromatic N) is 2. The summed E-state index contributed by atoms with van der Waals surface area (Å²) in [6, 6.07) is 5.27. The standard InChI is InChI=1S/C24H31N5O5/c1-7-16-10-8-9-11-17(16)20(21(31)27-15(2)3)29(13-12-25)22(32)18(14-19(26)30)28-23(33)34-24(4,5)6/h1,8-11,15,18,20H,13-14H2,2-6H3,(H2,26,30)(H,27,31)(H,28,33). The zero-order chi connectivity index (χ0) is 26.1. The summed E-state index contributed by atoms with van der Waals surface area (Å²) < 4.78 is 5.18. The average molecular weight is 470 g/mol. The van der Waals surface area contributed by atoms with Crippen molar-refractivity contribution in [3.05, 3.63) is 35.4 Å². The molecule has 4 amide bonds. The third kappa shape index (κ3) is 8.47. The Kier molecular flexibility index (Phi) is 10.1. The number of nitrogens with two attached hydrogens (primary N) is 1. The number of benzene rings is 1. The van der Waals surface area contributed by atoms with Gasteiger partial charge in [-0.15, -0.1) is 6.42 Å². The van der Waals surface area contributed by atoms with Crippen LogP contribution in [0.4, 0.5) is 4.79 Å². The Bertz CT molecular complexity index is 1000. The monoisotopic (exact) mass is 469 g/mol. The van der Waals surface area contributed by atoms with E-state index in [9.17, 15) is 24.4 Å². The molecule has 0 heterocycles. The molecule has 10 nitrogen and oxygen atoms in total. The third-order valence-electron chi connectivity index (χ3n) is 4.32. The molecule has 2 unspecified atom stereocenters. The maximum atomic E-state index is 13.5. The molecule has 0 aliphatic rings. The number of nitrogens with one attached hydrogen (secondary N) is 2. The van der Waals surface area contributed by atoms with Crippen molar-refractivity contribution in [2.75, 3.05) is 6.54 Å². The van der Waals surface area contributed by atoms with Gasteiger partial charge in [0.05, 0.1) is 12.5 Å². The maximum absolute atomic E-state index is 13.5. The molecule has 2 atom stereocenters. The highest BCUT2D eigenvalue weighted by Crippen LogP contribution is 2.26. The topological polar surface area (TPSA) is 155 Å². The fourth-order valence-electron chi connectivity index (χ4n) is 3.10. The van der Waals surface area contributed by atoms with Crippen molar-refractivity contribution in [3.8, 4) is 18.4 Å². The Morgan fingerprint density at radius 3 is 2.29 bits per heavy atom. The number of nitriles is 1. The molecule has 1 rings (SSSR count). The first-order valence-electron chi connectivity index (χ1n) is 10.6. The van der Waals surface area contributed by atoms with Crippen molar-refractivity contribution in [1.29, 1.82) is 5.26 Å². The molecule has 0 saturated heterocycles. The molecule has 0 aliphatic carbocycles. The van der Waals surface area contributed by atoms with Gasteiger partial charge in [-0.2, -0.15) is 5.26 Å². The smallest absolute Gasteiger partial charge is 0.408 e. The van der Waals surface area contributed by atoms with Crippen molar-refractivity contribution in [3.63, 3.8) is 0 Å². The van der Waals surface area contributed by atoms with Gasteiger partial charge in [-0.05, 0) is 46.2 Å². The van der Waals surface area contributed by atoms with E-state index >= 15 is 0 Å². The average Bonchev–Trinajstić information content (AvgIpc) is 2.70. The van der Waals surface area contributed by atoms with E-state index in [0.717, 1.165) is 4.90 Å². The van der Waals surface area contributed by atoms with Gasteiger partial charge >= 0.3 is 6.09 Å². The Balaban J connectivity index is 3.53. The van der Waals surface area contributed by atoms with Crippen molar-refractivity contribution >= 4 is 23.8 Å². The van der Waals surface area contributed by atoms with Gasteiger partial charge in [-0.25, -0.2) is 4.79 Å². The van der Waals surface area contributed by atoms with Crippen molar-refractivity contribution < 1.29 is 23.9 Å².